The average molecular weight is 464 g/mol. The van der Waals surface area contributed by atoms with Crippen LogP contribution >= 0.6 is 15.9 Å². The Kier molecular flexibility index (Phi) is 5.62. The van der Waals surface area contributed by atoms with Gasteiger partial charge in [-0.2, -0.15) is 0 Å². The Morgan fingerprint density at radius 2 is 1.68 bits per heavy atom. The molecular formula is C20H18BrNO5S. The molecule has 28 heavy (non-hydrogen) atoms. The number of hydrogen-bond acceptors (Lipinski definition) is 5. The van der Waals surface area contributed by atoms with Crippen molar-refractivity contribution in [1.82, 2.24) is 0 Å². The summed E-state index contributed by atoms with van der Waals surface area (Å²) in [5.41, 5.74) is 1.86. The highest BCUT2D eigenvalue weighted by Crippen LogP contribution is 2.43. The Morgan fingerprint density at radius 3 is 2.29 bits per heavy atom. The van der Waals surface area contributed by atoms with Crippen molar-refractivity contribution in [3.8, 4) is 16.9 Å². The summed E-state index contributed by atoms with van der Waals surface area (Å²) >= 11 is 3.56. The molecular weight excluding hydrogens is 446 g/mol. The lowest BCUT2D eigenvalue weighted by Gasteiger charge is -2.18. The van der Waals surface area contributed by atoms with Gasteiger partial charge in [-0.05, 0) is 29.7 Å². The predicted molar refractivity (Wildman–Crippen MR) is 113 cm³/mol. The smallest absolute Gasteiger partial charge is 0.337 e. The van der Waals surface area contributed by atoms with Crippen molar-refractivity contribution in [3.05, 3.63) is 58.6 Å². The van der Waals surface area contributed by atoms with Crippen molar-refractivity contribution in [2.45, 2.75) is 0 Å². The van der Waals surface area contributed by atoms with Crippen LogP contribution in [-0.4, -0.2) is 34.9 Å². The first kappa shape index (κ1) is 20.2. The molecule has 3 aromatic carbocycles. The van der Waals surface area contributed by atoms with Crippen LogP contribution in [0.5, 0.6) is 5.75 Å². The van der Waals surface area contributed by atoms with E-state index in [1.165, 1.54) is 14.2 Å². The predicted octanol–water partition coefficient (Wildman–Crippen LogP) is 4.44. The Morgan fingerprint density at radius 1 is 1.00 bits per heavy atom. The fraction of sp³-hybridized carbons (Fsp3) is 0.150. The number of fused-ring (bicyclic) bond motifs is 1. The van der Waals surface area contributed by atoms with Crippen molar-refractivity contribution >= 4 is 48.4 Å². The van der Waals surface area contributed by atoms with Gasteiger partial charge in [-0.3, -0.25) is 4.72 Å². The SMILES string of the molecule is COC(=O)c1ccc(OC)c(-c2cc(Br)c3ccccc3c2NS(C)(=O)=O)c1. The van der Waals surface area contributed by atoms with Gasteiger partial charge in [0.2, 0.25) is 10.0 Å². The third-order valence-electron chi connectivity index (χ3n) is 4.19. The lowest BCUT2D eigenvalue weighted by molar-refractivity contribution is 0.0600. The third-order valence-corrected chi connectivity index (χ3v) is 5.42. The third kappa shape index (κ3) is 3.98. The monoisotopic (exact) mass is 463 g/mol. The number of benzene rings is 3. The first-order chi connectivity index (χ1) is 13.2. The van der Waals surface area contributed by atoms with Gasteiger partial charge in [0.15, 0.2) is 0 Å². The number of ether oxygens (including phenoxy) is 2. The molecule has 0 spiro atoms. The van der Waals surface area contributed by atoms with Crippen LogP contribution in [0, 0.1) is 0 Å². The number of methoxy groups -OCH3 is 2. The van der Waals surface area contributed by atoms with Crippen LogP contribution in [0.4, 0.5) is 5.69 Å². The van der Waals surface area contributed by atoms with Crippen molar-refractivity contribution in [3.63, 3.8) is 0 Å². The van der Waals surface area contributed by atoms with Gasteiger partial charge in [0.25, 0.3) is 0 Å². The standard InChI is InChI=1S/C20H18BrNO5S/c1-26-18-9-8-12(20(23)27-2)10-15(18)16-11-17(21)13-6-4-5-7-14(13)19(16)22-28(3,24)25/h4-11,22H,1-3H3. The molecule has 6 nitrogen and oxygen atoms in total. The zero-order chi connectivity index (χ0) is 20.5. The highest BCUT2D eigenvalue weighted by atomic mass is 79.9. The van der Waals surface area contributed by atoms with Crippen LogP contribution in [0.1, 0.15) is 10.4 Å². The molecule has 0 radical (unpaired) electrons. The van der Waals surface area contributed by atoms with Gasteiger partial charge in [-0.1, -0.05) is 40.2 Å². The van der Waals surface area contributed by atoms with Crippen molar-refractivity contribution < 1.29 is 22.7 Å². The number of hydrogen-bond donors (Lipinski definition) is 1. The largest absolute Gasteiger partial charge is 0.496 e. The quantitative estimate of drug-likeness (QED) is 0.565. The maximum Gasteiger partial charge on any atom is 0.337 e. The number of esters is 1. The lowest BCUT2D eigenvalue weighted by atomic mass is 9.96. The second kappa shape index (κ2) is 7.81. The number of nitrogens with one attached hydrogen (secondary N) is 1. The fourth-order valence-electron chi connectivity index (χ4n) is 3.00. The van der Waals surface area contributed by atoms with Gasteiger partial charge >= 0.3 is 5.97 Å². The Hall–Kier alpha value is -2.58. The van der Waals surface area contributed by atoms with E-state index >= 15 is 0 Å². The summed E-state index contributed by atoms with van der Waals surface area (Å²) in [7, 11) is -0.749. The van der Waals surface area contributed by atoms with Crippen LogP contribution in [0.3, 0.4) is 0 Å². The van der Waals surface area contributed by atoms with Crippen molar-refractivity contribution in [2.24, 2.45) is 0 Å². The van der Waals surface area contributed by atoms with E-state index in [1.54, 1.807) is 24.3 Å². The number of carbonyl (C=O) groups is 1. The van der Waals surface area contributed by atoms with Gasteiger partial charge in [0.1, 0.15) is 5.75 Å². The molecule has 0 aliphatic heterocycles. The Balaban J connectivity index is 2.40. The summed E-state index contributed by atoms with van der Waals surface area (Å²) < 4.78 is 37.8. The normalized spacial score (nSPS) is 11.3. The van der Waals surface area contributed by atoms with Gasteiger partial charge < -0.3 is 9.47 Å². The van der Waals surface area contributed by atoms with E-state index in [9.17, 15) is 13.2 Å². The number of carbonyl (C=O) groups excluding carboxylic acids is 1. The van der Waals surface area contributed by atoms with Gasteiger partial charge in [0.05, 0.1) is 31.7 Å². The van der Waals surface area contributed by atoms with Gasteiger partial charge in [-0.15, -0.1) is 0 Å². The lowest BCUT2D eigenvalue weighted by Crippen LogP contribution is -2.11. The molecule has 0 saturated heterocycles. The maximum atomic E-state index is 12.1. The zero-order valence-electron chi connectivity index (χ0n) is 15.4. The van der Waals surface area contributed by atoms with Crippen LogP contribution in [0.25, 0.3) is 21.9 Å². The number of sulfonamides is 1. The molecule has 146 valence electrons. The number of rotatable bonds is 5. The first-order valence-electron chi connectivity index (χ1n) is 8.21. The van der Waals surface area contributed by atoms with Crippen molar-refractivity contribution in [1.29, 1.82) is 0 Å². The molecule has 0 aliphatic rings. The Bertz CT molecular complexity index is 1170. The molecule has 0 atom stereocenters. The molecule has 0 aromatic heterocycles. The van der Waals surface area contributed by atoms with E-state index in [4.69, 9.17) is 9.47 Å². The molecule has 3 aromatic rings. The molecule has 0 fully saturated rings. The van der Waals surface area contributed by atoms with E-state index in [2.05, 4.69) is 20.7 Å². The van der Waals surface area contributed by atoms with Crippen LogP contribution in [-0.2, 0) is 14.8 Å². The molecule has 0 aliphatic carbocycles. The molecule has 0 saturated carbocycles. The van der Waals surface area contributed by atoms with Crippen LogP contribution in [0.2, 0.25) is 0 Å². The number of halogens is 1. The molecule has 8 heteroatoms. The van der Waals surface area contributed by atoms with Crippen LogP contribution in [0.15, 0.2) is 53.0 Å². The molecule has 0 bridgehead atoms. The van der Waals surface area contributed by atoms with Crippen LogP contribution < -0.4 is 9.46 Å². The summed E-state index contributed by atoms with van der Waals surface area (Å²) in [6.07, 6.45) is 1.09. The van der Waals surface area contributed by atoms with Gasteiger partial charge in [0, 0.05) is 21.0 Å². The second-order valence-corrected chi connectivity index (χ2v) is 8.71. The minimum atomic E-state index is -3.56. The fourth-order valence-corrected chi connectivity index (χ4v) is 4.17. The zero-order valence-corrected chi connectivity index (χ0v) is 17.8. The molecule has 0 amide bonds. The maximum absolute atomic E-state index is 12.1. The number of anilines is 1. The van der Waals surface area contributed by atoms with Crippen molar-refractivity contribution in [2.75, 3.05) is 25.2 Å². The molecule has 0 heterocycles. The summed E-state index contributed by atoms with van der Waals surface area (Å²) in [5.74, 6) is -0.00670. The van der Waals surface area contributed by atoms with Gasteiger partial charge in [-0.25, -0.2) is 13.2 Å². The first-order valence-corrected chi connectivity index (χ1v) is 10.9. The van der Waals surface area contributed by atoms with E-state index in [1.807, 2.05) is 24.3 Å². The summed E-state index contributed by atoms with van der Waals surface area (Å²) in [4.78, 5) is 12.0. The minimum absolute atomic E-state index is 0.327. The average Bonchev–Trinajstić information content (AvgIpc) is 2.68. The highest BCUT2D eigenvalue weighted by Gasteiger charge is 2.20. The molecule has 3 rings (SSSR count). The topological polar surface area (TPSA) is 81.7 Å². The highest BCUT2D eigenvalue weighted by molar-refractivity contribution is 9.10. The molecule has 0 unspecified atom stereocenters. The van der Waals surface area contributed by atoms with E-state index < -0.39 is 16.0 Å². The summed E-state index contributed by atoms with van der Waals surface area (Å²) in [5, 5.41) is 1.56. The van der Waals surface area contributed by atoms with E-state index in [-0.39, 0.29) is 0 Å². The minimum Gasteiger partial charge on any atom is -0.496 e. The molecule has 1 N–H and O–H groups in total. The van der Waals surface area contributed by atoms with E-state index in [0.29, 0.717) is 33.5 Å². The summed E-state index contributed by atoms with van der Waals surface area (Å²) in [6.45, 7) is 0. The Labute approximate surface area is 171 Å². The summed E-state index contributed by atoms with van der Waals surface area (Å²) in [6, 6.07) is 14.1. The second-order valence-electron chi connectivity index (χ2n) is 6.11. The van der Waals surface area contributed by atoms with E-state index in [0.717, 1.165) is 16.1 Å².